The van der Waals surface area contributed by atoms with Gasteiger partial charge < -0.3 is 5.32 Å². The second kappa shape index (κ2) is 8.00. The third-order valence-electron chi connectivity index (χ3n) is 4.81. The second-order valence-corrected chi connectivity index (χ2v) is 7.23. The van der Waals surface area contributed by atoms with E-state index in [9.17, 15) is 4.79 Å². The first-order valence-corrected chi connectivity index (χ1v) is 9.63. The van der Waals surface area contributed by atoms with Gasteiger partial charge in [0, 0.05) is 23.7 Å². The molecular formula is C20H20ClN7O. The number of benzene rings is 1. The number of hydrogen-bond donors (Lipinski definition) is 1. The molecule has 4 aromatic rings. The van der Waals surface area contributed by atoms with Gasteiger partial charge in [-0.05, 0) is 55.7 Å². The van der Waals surface area contributed by atoms with E-state index in [0.29, 0.717) is 35.9 Å². The van der Waals surface area contributed by atoms with Crippen LogP contribution >= 0.6 is 11.6 Å². The zero-order valence-corrected chi connectivity index (χ0v) is 16.9. The van der Waals surface area contributed by atoms with Crippen molar-refractivity contribution < 1.29 is 4.79 Å². The number of hydrogen-bond acceptors (Lipinski definition) is 5. The first-order chi connectivity index (χ1) is 14.0. The highest BCUT2D eigenvalue weighted by molar-refractivity contribution is 6.30. The molecule has 0 saturated heterocycles. The van der Waals surface area contributed by atoms with E-state index < -0.39 is 0 Å². The summed E-state index contributed by atoms with van der Waals surface area (Å²) in [7, 11) is 0. The predicted octanol–water partition coefficient (Wildman–Crippen LogP) is 2.83. The molecule has 0 radical (unpaired) electrons. The average Bonchev–Trinajstić information content (AvgIpc) is 3.29. The van der Waals surface area contributed by atoms with E-state index in [4.69, 9.17) is 11.6 Å². The summed E-state index contributed by atoms with van der Waals surface area (Å²) >= 11 is 5.88. The summed E-state index contributed by atoms with van der Waals surface area (Å²) in [6.07, 6.45) is 2.55. The molecule has 1 N–H and O–H groups in total. The Morgan fingerprint density at radius 1 is 1.10 bits per heavy atom. The zero-order valence-electron chi connectivity index (χ0n) is 16.1. The molecule has 3 aromatic heterocycles. The molecule has 0 unspecified atom stereocenters. The molecule has 4 rings (SSSR count). The lowest BCUT2D eigenvalue weighted by Gasteiger charge is -2.07. The summed E-state index contributed by atoms with van der Waals surface area (Å²) < 4.78 is 3.39. The Morgan fingerprint density at radius 3 is 2.69 bits per heavy atom. The highest BCUT2D eigenvalue weighted by Gasteiger charge is 2.15. The summed E-state index contributed by atoms with van der Waals surface area (Å²) in [6.45, 7) is 4.41. The maximum Gasteiger partial charge on any atom is 0.220 e. The molecular weight excluding hydrogens is 390 g/mol. The van der Waals surface area contributed by atoms with Crippen LogP contribution in [0.4, 0.5) is 0 Å². The monoisotopic (exact) mass is 409 g/mol. The number of halogens is 1. The van der Waals surface area contributed by atoms with Gasteiger partial charge in [-0.1, -0.05) is 23.7 Å². The van der Waals surface area contributed by atoms with Crippen molar-refractivity contribution in [3.05, 3.63) is 70.3 Å². The van der Waals surface area contributed by atoms with E-state index in [1.807, 2.05) is 50.2 Å². The van der Waals surface area contributed by atoms with Crippen LogP contribution in [0.25, 0.3) is 11.5 Å². The summed E-state index contributed by atoms with van der Waals surface area (Å²) in [6, 6.07) is 11.1. The summed E-state index contributed by atoms with van der Waals surface area (Å²) in [5, 5.41) is 20.5. The van der Waals surface area contributed by atoms with Crippen molar-refractivity contribution in [1.29, 1.82) is 0 Å². The van der Waals surface area contributed by atoms with Crippen LogP contribution in [-0.2, 0) is 17.8 Å². The quantitative estimate of drug-likeness (QED) is 0.528. The number of carbonyl (C=O) groups is 1. The molecule has 0 aliphatic heterocycles. The highest BCUT2D eigenvalue weighted by Crippen LogP contribution is 2.18. The number of rotatable bonds is 6. The van der Waals surface area contributed by atoms with Crippen molar-refractivity contribution in [2.45, 2.75) is 33.2 Å². The van der Waals surface area contributed by atoms with E-state index in [1.165, 1.54) is 0 Å². The Morgan fingerprint density at radius 2 is 1.90 bits per heavy atom. The van der Waals surface area contributed by atoms with Gasteiger partial charge in [0.25, 0.3) is 0 Å². The second-order valence-electron chi connectivity index (χ2n) is 6.79. The molecule has 8 nitrogen and oxygen atoms in total. The van der Waals surface area contributed by atoms with Crippen molar-refractivity contribution in [3.63, 3.8) is 0 Å². The van der Waals surface area contributed by atoms with Crippen LogP contribution in [0.1, 0.15) is 28.9 Å². The maximum absolute atomic E-state index is 12.3. The number of nitrogens with zero attached hydrogens (tertiary/aromatic N) is 6. The van der Waals surface area contributed by atoms with Crippen LogP contribution in [0.5, 0.6) is 0 Å². The topological polar surface area (TPSA) is 90.0 Å². The third-order valence-corrected chi connectivity index (χ3v) is 5.06. The lowest BCUT2D eigenvalue weighted by Crippen LogP contribution is -2.23. The van der Waals surface area contributed by atoms with Crippen molar-refractivity contribution in [2.75, 3.05) is 0 Å². The maximum atomic E-state index is 12.3. The van der Waals surface area contributed by atoms with Crippen LogP contribution in [-0.4, -0.2) is 35.5 Å². The van der Waals surface area contributed by atoms with Crippen molar-refractivity contribution in [3.8, 4) is 5.82 Å². The predicted molar refractivity (Wildman–Crippen MR) is 109 cm³/mol. The molecule has 1 aromatic carbocycles. The minimum Gasteiger partial charge on any atom is -0.352 e. The smallest absolute Gasteiger partial charge is 0.220 e. The summed E-state index contributed by atoms with van der Waals surface area (Å²) in [5.41, 5.74) is 4.59. The average molecular weight is 410 g/mol. The van der Waals surface area contributed by atoms with Crippen molar-refractivity contribution >= 4 is 23.2 Å². The van der Waals surface area contributed by atoms with E-state index >= 15 is 0 Å². The van der Waals surface area contributed by atoms with E-state index in [1.54, 1.807) is 15.5 Å². The molecule has 1 amide bonds. The fraction of sp³-hybridized carbons (Fsp3) is 0.250. The fourth-order valence-electron chi connectivity index (χ4n) is 3.22. The number of amides is 1. The van der Waals surface area contributed by atoms with Gasteiger partial charge in [0.05, 0.1) is 5.69 Å². The number of aromatic nitrogens is 6. The molecule has 9 heteroatoms. The van der Waals surface area contributed by atoms with Crippen molar-refractivity contribution in [1.82, 2.24) is 34.9 Å². The number of fused-ring (bicyclic) bond motifs is 1. The first kappa shape index (κ1) is 19.1. The van der Waals surface area contributed by atoms with Gasteiger partial charge in [-0.25, -0.2) is 4.68 Å². The van der Waals surface area contributed by atoms with Gasteiger partial charge in [-0.3, -0.25) is 4.79 Å². The normalized spacial score (nSPS) is 11.1. The van der Waals surface area contributed by atoms with E-state index in [-0.39, 0.29) is 5.91 Å². The molecule has 3 heterocycles. The Kier molecular flexibility index (Phi) is 5.26. The minimum atomic E-state index is -0.00413. The van der Waals surface area contributed by atoms with Gasteiger partial charge in [-0.15, -0.1) is 15.3 Å². The molecule has 29 heavy (non-hydrogen) atoms. The molecule has 0 fully saturated rings. The van der Waals surface area contributed by atoms with Crippen LogP contribution in [0, 0.1) is 13.8 Å². The minimum absolute atomic E-state index is 0.00413. The molecule has 0 aliphatic carbocycles. The molecule has 0 saturated carbocycles. The summed E-state index contributed by atoms with van der Waals surface area (Å²) in [4.78, 5) is 12.3. The lowest BCUT2D eigenvalue weighted by molar-refractivity contribution is -0.121. The number of carbonyl (C=O) groups excluding carboxylic acids is 1. The van der Waals surface area contributed by atoms with Gasteiger partial charge in [0.15, 0.2) is 11.5 Å². The largest absolute Gasteiger partial charge is 0.352 e. The Balaban J connectivity index is 1.42. The molecule has 0 atom stereocenters. The van der Waals surface area contributed by atoms with Crippen LogP contribution < -0.4 is 5.32 Å². The van der Waals surface area contributed by atoms with Gasteiger partial charge in [-0.2, -0.15) is 9.61 Å². The Bertz CT molecular complexity index is 1160. The zero-order chi connectivity index (χ0) is 20.4. The number of aryl methyl sites for hydroxylation is 1. The fourth-order valence-corrected chi connectivity index (χ4v) is 3.35. The lowest BCUT2D eigenvalue weighted by atomic mass is 10.1. The third kappa shape index (κ3) is 4.12. The number of nitrogens with one attached hydrogen (secondary N) is 1. The van der Waals surface area contributed by atoms with Gasteiger partial charge >= 0.3 is 0 Å². The highest BCUT2D eigenvalue weighted by atomic mass is 35.5. The van der Waals surface area contributed by atoms with Crippen molar-refractivity contribution in [2.24, 2.45) is 0 Å². The van der Waals surface area contributed by atoms with E-state index in [2.05, 4.69) is 25.7 Å². The summed E-state index contributed by atoms with van der Waals surface area (Å²) in [5.74, 6) is 0.673. The van der Waals surface area contributed by atoms with Crippen LogP contribution in [0.3, 0.4) is 0 Å². The standard InChI is InChI=1S/C20H20ClN7O/c1-13-17(7-10-20(29)22-11-15-3-5-16(21)6-4-15)14(2)28(25-13)19-9-8-18-24-23-12-27(18)26-19/h3-6,8-9,12H,7,10-11H2,1-2H3,(H,22,29). The molecule has 0 bridgehead atoms. The van der Waals surface area contributed by atoms with E-state index in [0.717, 1.165) is 22.5 Å². The SMILES string of the molecule is Cc1nn(-c2ccc3nncn3n2)c(C)c1CCC(=O)NCc1ccc(Cl)cc1. The van der Waals surface area contributed by atoms with Gasteiger partial charge in [0.2, 0.25) is 5.91 Å². The molecule has 0 aliphatic rings. The van der Waals surface area contributed by atoms with Gasteiger partial charge in [0.1, 0.15) is 6.33 Å². The van der Waals surface area contributed by atoms with Crippen LogP contribution in [0.2, 0.25) is 5.02 Å². The first-order valence-electron chi connectivity index (χ1n) is 9.25. The van der Waals surface area contributed by atoms with Crippen LogP contribution in [0.15, 0.2) is 42.7 Å². The molecule has 148 valence electrons. The Hall–Kier alpha value is -3.26. The Labute approximate surface area is 172 Å². The molecule has 0 spiro atoms.